The summed E-state index contributed by atoms with van der Waals surface area (Å²) in [7, 11) is 0. The summed E-state index contributed by atoms with van der Waals surface area (Å²) in [6.07, 6.45) is 2.84. The van der Waals surface area contributed by atoms with Crippen LogP contribution in [-0.4, -0.2) is 25.8 Å². The molecule has 0 aliphatic carbocycles. The molecule has 1 N–H and O–H groups in total. The van der Waals surface area contributed by atoms with Gasteiger partial charge in [-0.15, -0.1) is 10.2 Å². The third kappa shape index (κ3) is 1.07. The van der Waals surface area contributed by atoms with E-state index in [-0.39, 0.29) is 5.92 Å². The Morgan fingerprint density at radius 2 is 2.58 bits per heavy atom. The molecular weight excluding hydrogens is 158 g/mol. The number of nitrogens with zero attached hydrogens (tertiary/aromatic N) is 3. The van der Waals surface area contributed by atoms with E-state index in [1.54, 1.807) is 6.33 Å². The van der Waals surface area contributed by atoms with Gasteiger partial charge in [0.1, 0.15) is 12.2 Å². The van der Waals surface area contributed by atoms with Gasteiger partial charge in [-0.05, 0) is 6.42 Å². The third-order valence-electron chi connectivity index (χ3n) is 2.19. The molecule has 5 heteroatoms. The highest BCUT2D eigenvalue weighted by Crippen LogP contribution is 2.17. The number of aromatic nitrogens is 3. The minimum atomic E-state index is -0.732. The summed E-state index contributed by atoms with van der Waals surface area (Å²) >= 11 is 0. The summed E-state index contributed by atoms with van der Waals surface area (Å²) in [6, 6.07) is 0. The smallest absolute Gasteiger partial charge is 0.307 e. The van der Waals surface area contributed by atoms with Crippen LogP contribution < -0.4 is 0 Å². The van der Waals surface area contributed by atoms with Gasteiger partial charge in [0.15, 0.2) is 0 Å². The molecule has 0 unspecified atom stereocenters. The van der Waals surface area contributed by atoms with Crippen molar-refractivity contribution < 1.29 is 9.90 Å². The normalized spacial score (nSPS) is 21.8. The molecule has 5 nitrogen and oxygen atoms in total. The number of aryl methyl sites for hydroxylation is 1. The Morgan fingerprint density at radius 1 is 1.75 bits per heavy atom. The second-order valence-corrected chi connectivity index (χ2v) is 2.97. The summed E-state index contributed by atoms with van der Waals surface area (Å²) in [5.41, 5.74) is 0. The summed E-state index contributed by atoms with van der Waals surface area (Å²) in [6.45, 7) is 0.722. The minimum Gasteiger partial charge on any atom is -0.481 e. The average Bonchev–Trinajstić information content (AvgIpc) is 2.49. The number of carboxylic acid groups (broad SMARTS) is 1. The van der Waals surface area contributed by atoms with Crippen molar-refractivity contribution in [1.29, 1.82) is 0 Å². The van der Waals surface area contributed by atoms with Crippen molar-refractivity contribution in [3.63, 3.8) is 0 Å². The highest BCUT2D eigenvalue weighted by atomic mass is 16.4. The quantitative estimate of drug-likeness (QED) is 0.635. The van der Waals surface area contributed by atoms with Crippen LogP contribution in [0.5, 0.6) is 0 Å². The second-order valence-electron chi connectivity index (χ2n) is 2.97. The van der Waals surface area contributed by atoms with E-state index in [0.29, 0.717) is 12.8 Å². The Balaban J connectivity index is 2.20. The standard InChI is InChI=1S/C7H9N3O2/c11-7(12)5-1-2-10-4-8-9-6(10)3-5/h4-5H,1-3H2,(H,11,12)/t5-/m0/s1. The molecule has 1 aliphatic heterocycles. The van der Waals surface area contributed by atoms with Crippen molar-refractivity contribution in [2.75, 3.05) is 0 Å². The number of hydrogen-bond donors (Lipinski definition) is 1. The zero-order valence-electron chi connectivity index (χ0n) is 6.47. The van der Waals surface area contributed by atoms with Crippen LogP contribution in [0.3, 0.4) is 0 Å². The molecule has 0 saturated carbocycles. The molecule has 0 spiro atoms. The lowest BCUT2D eigenvalue weighted by Crippen LogP contribution is -2.25. The Bertz CT molecular complexity index is 307. The molecule has 0 saturated heterocycles. The van der Waals surface area contributed by atoms with Crippen molar-refractivity contribution in [1.82, 2.24) is 14.8 Å². The second kappa shape index (κ2) is 2.58. The van der Waals surface area contributed by atoms with Crippen molar-refractivity contribution >= 4 is 5.97 Å². The lowest BCUT2D eigenvalue weighted by molar-refractivity contribution is -0.142. The molecule has 12 heavy (non-hydrogen) atoms. The third-order valence-corrected chi connectivity index (χ3v) is 2.19. The van der Waals surface area contributed by atoms with Crippen LogP contribution in [0, 0.1) is 5.92 Å². The van der Waals surface area contributed by atoms with Crippen LogP contribution in [0.4, 0.5) is 0 Å². The zero-order valence-corrected chi connectivity index (χ0v) is 6.47. The van der Waals surface area contributed by atoms with E-state index >= 15 is 0 Å². The van der Waals surface area contributed by atoms with Crippen LogP contribution in [0.15, 0.2) is 6.33 Å². The predicted molar refractivity (Wildman–Crippen MR) is 39.5 cm³/mol. The highest BCUT2D eigenvalue weighted by molar-refractivity contribution is 5.70. The van der Waals surface area contributed by atoms with Crippen LogP contribution in [0.25, 0.3) is 0 Å². The SMILES string of the molecule is O=C(O)[C@H]1CCn2cnnc2C1. The molecule has 1 atom stereocenters. The first-order valence-electron chi connectivity index (χ1n) is 3.87. The number of carboxylic acids is 1. The molecule has 0 aromatic carbocycles. The molecule has 0 bridgehead atoms. The topological polar surface area (TPSA) is 68.0 Å². The van der Waals surface area contributed by atoms with Crippen molar-refractivity contribution in [2.24, 2.45) is 5.92 Å². The maximum absolute atomic E-state index is 10.6. The van der Waals surface area contributed by atoms with Crippen LogP contribution in [0.1, 0.15) is 12.2 Å². The Labute approximate surface area is 69.0 Å². The molecule has 1 aliphatic rings. The number of fused-ring (bicyclic) bond motifs is 1. The molecule has 1 aromatic heterocycles. The van der Waals surface area contributed by atoms with Crippen molar-refractivity contribution in [3.8, 4) is 0 Å². The van der Waals surface area contributed by atoms with Gasteiger partial charge < -0.3 is 9.67 Å². The minimum absolute atomic E-state index is 0.276. The molecule has 2 heterocycles. The Kier molecular flexibility index (Phi) is 1.56. The number of rotatable bonds is 1. The number of hydrogen-bond acceptors (Lipinski definition) is 3. The van der Waals surface area contributed by atoms with E-state index in [9.17, 15) is 4.79 Å². The number of aliphatic carboxylic acids is 1. The maximum Gasteiger partial charge on any atom is 0.307 e. The van der Waals surface area contributed by atoms with Gasteiger partial charge in [0.2, 0.25) is 0 Å². The van der Waals surface area contributed by atoms with E-state index in [0.717, 1.165) is 12.4 Å². The van der Waals surface area contributed by atoms with E-state index in [1.165, 1.54) is 0 Å². The van der Waals surface area contributed by atoms with Gasteiger partial charge in [-0.1, -0.05) is 0 Å². The first-order chi connectivity index (χ1) is 5.77. The predicted octanol–water partition coefficient (Wildman–Crippen LogP) is -0.0749. The lowest BCUT2D eigenvalue weighted by Gasteiger charge is -2.18. The molecule has 2 rings (SSSR count). The highest BCUT2D eigenvalue weighted by Gasteiger charge is 2.24. The van der Waals surface area contributed by atoms with Crippen LogP contribution >= 0.6 is 0 Å². The van der Waals surface area contributed by atoms with E-state index < -0.39 is 5.97 Å². The van der Waals surface area contributed by atoms with Gasteiger partial charge in [0.25, 0.3) is 0 Å². The summed E-state index contributed by atoms with van der Waals surface area (Å²) in [5, 5.41) is 16.3. The van der Waals surface area contributed by atoms with Crippen LogP contribution in [-0.2, 0) is 17.8 Å². The van der Waals surface area contributed by atoms with Gasteiger partial charge in [0, 0.05) is 13.0 Å². The van der Waals surface area contributed by atoms with E-state index in [1.807, 2.05) is 4.57 Å². The van der Waals surface area contributed by atoms with E-state index in [2.05, 4.69) is 10.2 Å². The zero-order chi connectivity index (χ0) is 8.55. The average molecular weight is 167 g/mol. The monoisotopic (exact) mass is 167 g/mol. The van der Waals surface area contributed by atoms with Crippen molar-refractivity contribution in [2.45, 2.75) is 19.4 Å². The summed E-state index contributed by atoms with van der Waals surface area (Å²) < 4.78 is 1.90. The van der Waals surface area contributed by atoms with E-state index in [4.69, 9.17) is 5.11 Å². The molecule has 64 valence electrons. The molecular formula is C7H9N3O2. The molecule has 0 fully saturated rings. The Hall–Kier alpha value is -1.39. The van der Waals surface area contributed by atoms with Gasteiger partial charge in [-0.25, -0.2) is 0 Å². The molecule has 0 amide bonds. The fourth-order valence-electron chi connectivity index (χ4n) is 1.45. The summed E-state index contributed by atoms with van der Waals surface area (Å²) in [4.78, 5) is 10.6. The van der Waals surface area contributed by atoms with Crippen molar-refractivity contribution in [3.05, 3.63) is 12.2 Å². The van der Waals surface area contributed by atoms with Gasteiger partial charge in [-0.2, -0.15) is 0 Å². The van der Waals surface area contributed by atoms with Gasteiger partial charge in [0.05, 0.1) is 5.92 Å². The maximum atomic E-state index is 10.6. The van der Waals surface area contributed by atoms with Gasteiger partial charge >= 0.3 is 5.97 Å². The molecule has 0 radical (unpaired) electrons. The van der Waals surface area contributed by atoms with Crippen LogP contribution in [0.2, 0.25) is 0 Å². The van der Waals surface area contributed by atoms with Gasteiger partial charge in [-0.3, -0.25) is 4.79 Å². The first kappa shape index (κ1) is 7.27. The fraction of sp³-hybridized carbons (Fsp3) is 0.571. The molecule has 1 aromatic rings. The largest absolute Gasteiger partial charge is 0.481 e. The lowest BCUT2D eigenvalue weighted by atomic mass is 9.98. The number of carbonyl (C=O) groups is 1. The Morgan fingerprint density at radius 3 is 3.33 bits per heavy atom. The fourth-order valence-corrected chi connectivity index (χ4v) is 1.45. The summed E-state index contributed by atoms with van der Waals surface area (Å²) in [5.74, 6) is -0.223. The first-order valence-corrected chi connectivity index (χ1v) is 3.87.